The summed E-state index contributed by atoms with van der Waals surface area (Å²) >= 11 is 0. The van der Waals surface area contributed by atoms with Crippen molar-refractivity contribution in [3.8, 4) is 23.7 Å². The third kappa shape index (κ3) is 3.71. The molecule has 170 valence electrons. The first-order chi connectivity index (χ1) is 17.7. The molecule has 36 heavy (non-hydrogen) atoms. The number of benzene rings is 1. The number of imide groups is 1. The van der Waals surface area contributed by atoms with E-state index in [1.54, 1.807) is 24.8 Å². The summed E-state index contributed by atoms with van der Waals surface area (Å²) in [6.07, 6.45) is 6.84. The Hall–Kier alpha value is -5.40. The molecule has 1 aliphatic rings. The van der Waals surface area contributed by atoms with E-state index >= 15 is 0 Å². The van der Waals surface area contributed by atoms with Gasteiger partial charge in [0, 0.05) is 35.6 Å². The van der Waals surface area contributed by atoms with E-state index in [-0.39, 0.29) is 17.7 Å². The van der Waals surface area contributed by atoms with E-state index in [1.807, 2.05) is 54.6 Å². The molecule has 0 unspecified atom stereocenters. The van der Waals surface area contributed by atoms with Gasteiger partial charge in [0.05, 0.1) is 17.7 Å². The quantitative estimate of drug-likeness (QED) is 0.306. The Morgan fingerprint density at radius 3 is 1.72 bits per heavy atom. The van der Waals surface area contributed by atoms with Gasteiger partial charge in [-0.15, -0.1) is 0 Å². The molecule has 2 amide bonds. The summed E-state index contributed by atoms with van der Waals surface area (Å²) in [5.41, 5.74) is 3.77. The molecule has 5 aromatic rings. The molecule has 6 rings (SSSR count). The molecule has 0 fully saturated rings. The fourth-order valence-corrected chi connectivity index (χ4v) is 4.10. The van der Waals surface area contributed by atoms with E-state index < -0.39 is 11.8 Å². The van der Waals surface area contributed by atoms with E-state index in [0.29, 0.717) is 22.4 Å². The van der Waals surface area contributed by atoms with Gasteiger partial charge < -0.3 is 9.97 Å². The van der Waals surface area contributed by atoms with Crippen molar-refractivity contribution in [1.82, 2.24) is 24.8 Å². The number of rotatable bonds is 2. The second-order valence-corrected chi connectivity index (χ2v) is 8.14. The van der Waals surface area contributed by atoms with Crippen LogP contribution in [-0.2, 0) is 16.1 Å². The number of aromatic nitrogens is 4. The lowest BCUT2D eigenvalue weighted by atomic mass is 10.1. The molecule has 0 saturated heterocycles. The van der Waals surface area contributed by atoms with Crippen molar-refractivity contribution in [2.75, 3.05) is 0 Å². The fraction of sp³-hybridized carbons (Fsp3) is 0.0345. The number of aromatic amines is 2. The van der Waals surface area contributed by atoms with Crippen molar-refractivity contribution in [2.24, 2.45) is 0 Å². The molecule has 7 heteroatoms. The van der Waals surface area contributed by atoms with Gasteiger partial charge in [0.15, 0.2) is 0 Å². The number of carbonyl (C=O) groups is 2. The number of hydrogen-bond acceptors (Lipinski definition) is 4. The fourth-order valence-electron chi connectivity index (χ4n) is 4.10. The Bertz CT molecular complexity index is 1710. The predicted octanol–water partition coefficient (Wildman–Crippen LogP) is 3.71. The Morgan fingerprint density at radius 1 is 0.667 bits per heavy atom. The van der Waals surface area contributed by atoms with Crippen molar-refractivity contribution in [1.29, 1.82) is 0 Å². The third-order valence-corrected chi connectivity index (χ3v) is 5.90. The zero-order chi connectivity index (χ0) is 24.5. The first-order valence-electron chi connectivity index (χ1n) is 11.2. The Labute approximate surface area is 205 Å². The van der Waals surface area contributed by atoms with E-state index in [9.17, 15) is 9.59 Å². The molecule has 0 atom stereocenters. The Kier molecular flexibility index (Phi) is 5.14. The zero-order valence-electron chi connectivity index (χ0n) is 18.9. The maximum Gasteiger partial charge on any atom is 0.271 e. The third-order valence-electron chi connectivity index (χ3n) is 5.90. The standard InChI is InChI=1S/C29H17N5O2/c35-28-24(12-10-20-16-32-26-22(20)8-4-14-30-26)25(29(36)34(28)18-19-6-2-1-3-7-19)13-11-21-17-33-27-23(21)9-5-15-31-27/h1-9,14-17H,18H2,(H,30,32)(H,31,33). The highest BCUT2D eigenvalue weighted by atomic mass is 16.2. The monoisotopic (exact) mass is 467 g/mol. The zero-order valence-corrected chi connectivity index (χ0v) is 18.9. The highest BCUT2D eigenvalue weighted by molar-refractivity contribution is 6.23. The van der Waals surface area contributed by atoms with E-state index in [0.717, 1.165) is 16.3 Å². The summed E-state index contributed by atoms with van der Waals surface area (Å²) in [4.78, 5) is 42.6. The van der Waals surface area contributed by atoms with Gasteiger partial charge >= 0.3 is 0 Å². The van der Waals surface area contributed by atoms with Crippen molar-refractivity contribution < 1.29 is 9.59 Å². The van der Waals surface area contributed by atoms with Gasteiger partial charge in [-0.2, -0.15) is 0 Å². The first kappa shape index (κ1) is 21.2. The molecule has 5 heterocycles. The maximum atomic E-state index is 13.4. The van der Waals surface area contributed by atoms with Crippen LogP contribution in [0.1, 0.15) is 16.7 Å². The van der Waals surface area contributed by atoms with Crippen LogP contribution in [0.4, 0.5) is 0 Å². The van der Waals surface area contributed by atoms with Crippen LogP contribution in [0.15, 0.2) is 90.5 Å². The van der Waals surface area contributed by atoms with E-state index in [2.05, 4.69) is 43.6 Å². The van der Waals surface area contributed by atoms with Crippen LogP contribution in [0.25, 0.3) is 22.1 Å². The molecular weight excluding hydrogens is 450 g/mol. The summed E-state index contributed by atoms with van der Waals surface area (Å²) in [7, 11) is 0. The molecule has 0 radical (unpaired) electrons. The predicted molar refractivity (Wildman–Crippen MR) is 135 cm³/mol. The lowest BCUT2D eigenvalue weighted by Crippen LogP contribution is -2.31. The average Bonchev–Trinajstić information content (AvgIpc) is 3.58. The minimum atomic E-state index is -0.459. The molecule has 0 aliphatic carbocycles. The summed E-state index contributed by atoms with van der Waals surface area (Å²) < 4.78 is 0. The van der Waals surface area contributed by atoms with Crippen molar-refractivity contribution in [3.63, 3.8) is 0 Å². The molecule has 4 aromatic heterocycles. The number of hydrogen-bond donors (Lipinski definition) is 2. The van der Waals surface area contributed by atoms with E-state index in [4.69, 9.17) is 0 Å². The highest BCUT2D eigenvalue weighted by Gasteiger charge is 2.37. The van der Waals surface area contributed by atoms with Gasteiger partial charge in [-0.3, -0.25) is 14.5 Å². The molecule has 0 bridgehead atoms. The smallest absolute Gasteiger partial charge is 0.271 e. The Morgan fingerprint density at radius 2 is 1.19 bits per heavy atom. The summed E-state index contributed by atoms with van der Waals surface area (Å²) in [5, 5.41) is 1.67. The maximum absolute atomic E-state index is 13.4. The average molecular weight is 467 g/mol. The van der Waals surface area contributed by atoms with Crippen LogP contribution in [0.2, 0.25) is 0 Å². The van der Waals surface area contributed by atoms with Crippen molar-refractivity contribution in [2.45, 2.75) is 6.54 Å². The Balaban J connectivity index is 1.43. The molecule has 7 nitrogen and oxygen atoms in total. The largest absolute Gasteiger partial charge is 0.345 e. The summed E-state index contributed by atoms with van der Waals surface area (Å²) in [5.74, 6) is 11.0. The van der Waals surface area contributed by atoms with Crippen LogP contribution >= 0.6 is 0 Å². The second-order valence-electron chi connectivity index (χ2n) is 8.14. The van der Waals surface area contributed by atoms with Gasteiger partial charge in [-0.25, -0.2) is 9.97 Å². The van der Waals surface area contributed by atoms with Gasteiger partial charge in [0.1, 0.15) is 22.4 Å². The summed E-state index contributed by atoms with van der Waals surface area (Å²) in [6, 6.07) is 16.8. The number of nitrogens with one attached hydrogen (secondary N) is 2. The summed E-state index contributed by atoms with van der Waals surface area (Å²) in [6.45, 7) is 0.142. The minimum Gasteiger partial charge on any atom is -0.345 e. The van der Waals surface area contributed by atoms with Crippen LogP contribution in [-0.4, -0.2) is 36.7 Å². The molecule has 0 spiro atoms. The highest BCUT2D eigenvalue weighted by Crippen LogP contribution is 2.24. The molecule has 1 aromatic carbocycles. The van der Waals surface area contributed by atoms with Gasteiger partial charge in [0.25, 0.3) is 11.8 Å². The van der Waals surface area contributed by atoms with Crippen LogP contribution in [0, 0.1) is 23.7 Å². The molecule has 2 N–H and O–H groups in total. The first-order valence-corrected chi connectivity index (χ1v) is 11.2. The normalized spacial score (nSPS) is 13.2. The number of amides is 2. The number of carbonyl (C=O) groups excluding carboxylic acids is 2. The molecule has 1 aliphatic heterocycles. The van der Waals surface area contributed by atoms with E-state index in [1.165, 1.54) is 4.90 Å². The molecular formula is C29H17N5O2. The van der Waals surface area contributed by atoms with Gasteiger partial charge in [-0.05, 0) is 29.8 Å². The van der Waals surface area contributed by atoms with Crippen molar-refractivity contribution in [3.05, 3.63) is 107 Å². The van der Waals surface area contributed by atoms with Crippen LogP contribution < -0.4 is 0 Å². The molecule has 0 saturated carbocycles. The number of pyridine rings is 2. The lowest BCUT2D eigenvalue weighted by Gasteiger charge is -2.14. The lowest BCUT2D eigenvalue weighted by molar-refractivity contribution is -0.137. The SMILES string of the molecule is O=C1C(C#Cc2c[nH]c3ncccc23)=C(C#Cc2c[nH]c3ncccc23)C(=O)N1Cc1ccccc1. The minimum absolute atomic E-state index is 0.0830. The van der Waals surface area contributed by atoms with Gasteiger partial charge in [0.2, 0.25) is 0 Å². The number of H-pyrrole nitrogens is 2. The topological polar surface area (TPSA) is 94.7 Å². The van der Waals surface area contributed by atoms with Crippen LogP contribution in [0.3, 0.4) is 0 Å². The van der Waals surface area contributed by atoms with Crippen LogP contribution in [0.5, 0.6) is 0 Å². The number of fused-ring (bicyclic) bond motifs is 2. The van der Waals surface area contributed by atoms with Crippen molar-refractivity contribution >= 4 is 33.9 Å². The van der Waals surface area contributed by atoms with Gasteiger partial charge in [-0.1, -0.05) is 54.0 Å². The number of nitrogens with zero attached hydrogens (tertiary/aromatic N) is 3. The second kappa shape index (κ2) is 8.75.